The summed E-state index contributed by atoms with van der Waals surface area (Å²) < 4.78 is 18.6. The number of carbonyl (C=O) groups excluding carboxylic acids is 2. The molecule has 1 aliphatic rings. The highest BCUT2D eigenvalue weighted by molar-refractivity contribution is 6.31. The van der Waals surface area contributed by atoms with Crippen LogP contribution in [0.4, 0.5) is 10.1 Å². The first-order chi connectivity index (χ1) is 15.0. The molecule has 0 saturated heterocycles. The van der Waals surface area contributed by atoms with Gasteiger partial charge < -0.3 is 15.0 Å². The smallest absolute Gasteiger partial charge is 0.255 e. The van der Waals surface area contributed by atoms with Crippen LogP contribution in [0.3, 0.4) is 0 Å². The van der Waals surface area contributed by atoms with Crippen LogP contribution in [-0.4, -0.2) is 23.8 Å². The molecule has 0 fully saturated rings. The van der Waals surface area contributed by atoms with Crippen molar-refractivity contribution in [2.75, 3.05) is 12.4 Å². The van der Waals surface area contributed by atoms with E-state index < -0.39 is 11.9 Å². The number of nitrogens with one attached hydrogen (secondary N) is 1. The van der Waals surface area contributed by atoms with Gasteiger partial charge >= 0.3 is 0 Å². The van der Waals surface area contributed by atoms with E-state index in [1.54, 1.807) is 30.2 Å². The topological polar surface area (TPSA) is 58.6 Å². The summed E-state index contributed by atoms with van der Waals surface area (Å²) in [5.41, 5.74) is 2.78. The van der Waals surface area contributed by atoms with Crippen molar-refractivity contribution in [1.29, 1.82) is 0 Å². The largest absolute Gasteiger partial charge is 0.497 e. The molecule has 3 aromatic rings. The van der Waals surface area contributed by atoms with Gasteiger partial charge in [0, 0.05) is 17.8 Å². The molecule has 0 bridgehead atoms. The Kier molecular flexibility index (Phi) is 5.91. The second-order valence-electron chi connectivity index (χ2n) is 7.26. The second-order valence-corrected chi connectivity index (χ2v) is 7.67. The molecule has 3 aromatic carbocycles. The molecule has 0 aliphatic carbocycles. The van der Waals surface area contributed by atoms with Gasteiger partial charge in [-0.1, -0.05) is 41.9 Å². The van der Waals surface area contributed by atoms with Crippen LogP contribution in [0, 0.1) is 5.82 Å². The van der Waals surface area contributed by atoms with Gasteiger partial charge in [0.05, 0.1) is 24.6 Å². The van der Waals surface area contributed by atoms with Crippen molar-refractivity contribution >= 4 is 29.1 Å². The van der Waals surface area contributed by atoms with Crippen LogP contribution in [0.15, 0.2) is 66.7 Å². The monoisotopic (exact) mass is 438 g/mol. The van der Waals surface area contributed by atoms with Crippen molar-refractivity contribution in [3.8, 4) is 5.75 Å². The maximum absolute atomic E-state index is 13.4. The normalized spacial score (nSPS) is 13.6. The van der Waals surface area contributed by atoms with Gasteiger partial charge in [-0.15, -0.1) is 0 Å². The van der Waals surface area contributed by atoms with Gasteiger partial charge in [-0.25, -0.2) is 4.39 Å². The molecule has 0 radical (unpaired) electrons. The zero-order valence-electron chi connectivity index (χ0n) is 16.8. The van der Waals surface area contributed by atoms with Crippen molar-refractivity contribution in [2.45, 2.75) is 19.0 Å². The number of nitrogens with zero attached hydrogens (tertiary/aromatic N) is 1. The molecule has 7 heteroatoms. The highest BCUT2D eigenvalue weighted by Crippen LogP contribution is 2.34. The van der Waals surface area contributed by atoms with Crippen LogP contribution < -0.4 is 10.1 Å². The van der Waals surface area contributed by atoms with E-state index in [0.717, 1.165) is 11.1 Å². The van der Waals surface area contributed by atoms with Crippen molar-refractivity contribution < 1.29 is 18.7 Å². The van der Waals surface area contributed by atoms with Gasteiger partial charge in [-0.05, 0) is 47.5 Å². The van der Waals surface area contributed by atoms with Gasteiger partial charge in [0.25, 0.3) is 5.91 Å². The minimum absolute atomic E-state index is 0.0288. The van der Waals surface area contributed by atoms with Gasteiger partial charge in [-0.3, -0.25) is 9.59 Å². The number of fused-ring (bicyclic) bond motifs is 1. The van der Waals surface area contributed by atoms with E-state index in [2.05, 4.69) is 5.32 Å². The summed E-state index contributed by atoms with van der Waals surface area (Å²) in [6, 6.07) is 18.2. The first-order valence-corrected chi connectivity index (χ1v) is 10.1. The molecule has 1 atom stereocenters. The fraction of sp³-hybridized carbons (Fsp3) is 0.167. The number of carbonyl (C=O) groups is 2. The Hall–Kier alpha value is -3.38. The standard InChI is InChI=1S/C24H20ClFN2O3/c1-31-18-9-6-15(7-10-18)22(28-14-16-4-2-3-5-19(16)24(28)30)13-23(29)27-17-8-11-21(26)20(25)12-17/h2-12,22H,13-14H2,1H3,(H,27,29)/t22-/m1/s1. The molecular weight excluding hydrogens is 419 g/mol. The summed E-state index contributed by atoms with van der Waals surface area (Å²) in [7, 11) is 1.58. The number of amides is 2. The fourth-order valence-electron chi connectivity index (χ4n) is 3.72. The molecule has 4 rings (SSSR count). The van der Waals surface area contributed by atoms with E-state index in [0.29, 0.717) is 23.5 Å². The number of hydrogen-bond acceptors (Lipinski definition) is 3. The number of methoxy groups -OCH3 is 1. The maximum Gasteiger partial charge on any atom is 0.255 e. The van der Waals surface area contributed by atoms with Crippen LogP contribution in [0.1, 0.15) is 33.9 Å². The number of rotatable bonds is 6. The quantitative estimate of drug-likeness (QED) is 0.574. The highest BCUT2D eigenvalue weighted by atomic mass is 35.5. The summed E-state index contributed by atoms with van der Waals surface area (Å²) in [6.45, 7) is 0.418. The minimum Gasteiger partial charge on any atom is -0.497 e. The third-order valence-electron chi connectivity index (χ3n) is 5.31. The SMILES string of the molecule is COc1ccc([C@@H](CC(=O)Nc2ccc(F)c(Cl)c2)N2Cc3ccccc3C2=O)cc1. The second kappa shape index (κ2) is 8.78. The number of ether oxygens (including phenoxy) is 1. The third-order valence-corrected chi connectivity index (χ3v) is 5.60. The third kappa shape index (κ3) is 4.39. The number of anilines is 1. The molecule has 31 heavy (non-hydrogen) atoms. The predicted molar refractivity (Wildman–Crippen MR) is 117 cm³/mol. The molecule has 1 N–H and O–H groups in total. The predicted octanol–water partition coefficient (Wildman–Crippen LogP) is 5.21. The number of halogens is 2. The van der Waals surface area contributed by atoms with Gasteiger partial charge in [0.1, 0.15) is 11.6 Å². The fourth-order valence-corrected chi connectivity index (χ4v) is 3.90. The zero-order chi connectivity index (χ0) is 22.0. The summed E-state index contributed by atoms with van der Waals surface area (Å²) in [5.74, 6) is -0.304. The van der Waals surface area contributed by atoms with Gasteiger partial charge in [-0.2, -0.15) is 0 Å². The van der Waals surface area contributed by atoms with E-state index in [9.17, 15) is 14.0 Å². The van der Waals surface area contributed by atoms with Crippen molar-refractivity contribution in [1.82, 2.24) is 4.90 Å². The number of benzene rings is 3. The van der Waals surface area contributed by atoms with Crippen LogP contribution in [-0.2, 0) is 11.3 Å². The molecule has 0 unspecified atom stereocenters. The first-order valence-electron chi connectivity index (χ1n) is 9.74. The molecular formula is C24H20ClFN2O3. The zero-order valence-corrected chi connectivity index (χ0v) is 17.5. The van der Waals surface area contributed by atoms with E-state index >= 15 is 0 Å². The molecule has 1 aliphatic heterocycles. The van der Waals surface area contributed by atoms with Crippen LogP contribution in [0.2, 0.25) is 5.02 Å². The summed E-state index contributed by atoms with van der Waals surface area (Å²) in [6.07, 6.45) is 0.0288. The lowest BCUT2D eigenvalue weighted by Crippen LogP contribution is -2.32. The molecule has 0 spiro atoms. The van der Waals surface area contributed by atoms with E-state index in [4.69, 9.17) is 16.3 Å². The lowest BCUT2D eigenvalue weighted by atomic mass is 10.0. The molecule has 158 valence electrons. The molecule has 1 heterocycles. The lowest BCUT2D eigenvalue weighted by Gasteiger charge is -2.28. The highest BCUT2D eigenvalue weighted by Gasteiger charge is 2.34. The Morgan fingerprint density at radius 2 is 1.90 bits per heavy atom. The number of hydrogen-bond donors (Lipinski definition) is 1. The lowest BCUT2D eigenvalue weighted by molar-refractivity contribution is -0.117. The molecule has 5 nitrogen and oxygen atoms in total. The van der Waals surface area contributed by atoms with Crippen molar-refractivity contribution in [2.24, 2.45) is 0 Å². The summed E-state index contributed by atoms with van der Waals surface area (Å²) in [4.78, 5) is 27.6. The Labute approximate surface area is 184 Å². The van der Waals surface area contributed by atoms with Crippen molar-refractivity contribution in [3.05, 3.63) is 94.3 Å². The van der Waals surface area contributed by atoms with E-state index in [1.165, 1.54) is 18.2 Å². The average Bonchev–Trinajstić information content (AvgIpc) is 3.11. The molecule has 2 amide bonds. The van der Waals surface area contributed by atoms with E-state index in [-0.39, 0.29) is 23.3 Å². The van der Waals surface area contributed by atoms with Crippen LogP contribution >= 0.6 is 11.6 Å². The summed E-state index contributed by atoms with van der Waals surface area (Å²) >= 11 is 5.81. The van der Waals surface area contributed by atoms with E-state index in [1.807, 2.05) is 30.3 Å². The van der Waals surface area contributed by atoms with Gasteiger partial charge in [0.2, 0.25) is 5.91 Å². The average molecular weight is 439 g/mol. The van der Waals surface area contributed by atoms with Gasteiger partial charge in [0.15, 0.2) is 0 Å². The van der Waals surface area contributed by atoms with Crippen molar-refractivity contribution in [3.63, 3.8) is 0 Å². The Morgan fingerprint density at radius 3 is 2.58 bits per heavy atom. The maximum atomic E-state index is 13.4. The Bertz CT molecular complexity index is 1130. The minimum atomic E-state index is -0.559. The van der Waals surface area contributed by atoms with Crippen LogP contribution in [0.25, 0.3) is 0 Å². The first kappa shape index (κ1) is 20.9. The molecule has 0 saturated carbocycles. The molecule has 0 aromatic heterocycles. The van der Waals surface area contributed by atoms with Crippen LogP contribution in [0.5, 0.6) is 5.75 Å². The summed E-state index contributed by atoms with van der Waals surface area (Å²) in [5, 5.41) is 2.67. The Balaban J connectivity index is 1.60. The Morgan fingerprint density at radius 1 is 1.16 bits per heavy atom.